The van der Waals surface area contributed by atoms with Gasteiger partial charge in [-0.2, -0.15) is 0 Å². The summed E-state index contributed by atoms with van der Waals surface area (Å²) in [5.41, 5.74) is -1.66. The molecule has 1 aromatic carbocycles. The van der Waals surface area contributed by atoms with Gasteiger partial charge < -0.3 is 19.7 Å². The minimum Gasteiger partial charge on any atom is -0.503 e. The van der Waals surface area contributed by atoms with Gasteiger partial charge in [0.25, 0.3) is 5.91 Å². The van der Waals surface area contributed by atoms with Crippen molar-refractivity contribution in [3.63, 3.8) is 0 Å². The minimum atomic E-state index is -1.02. The first kappa shape index (κ1) is 23.1. The molecule has 4 atom stereocenters. The van der Waals surface area contributed by atoms with E-state index in [1.807, 2.05) is 7.05 Å². The zero-order chi connectivity index (χ0) is 23.9. The molecule has 10 heteroatoms. The van der Waals surface area contributed by atoms with Crippen LogP contribution in [0.2, 0.25) is 0 Å². The Kier molecular flexibility index (Phi) is 6.31. The number of likely N-dealkylation sites (N-methyl/N-ethyl adjacent to an activating group) is 1. The van der Waals surface area contributed by atoms with Gasteiger partial charge in [-0.15, -0.1) is 0 Å². The molecule has 1 aliphatic carbocycles. The van der Waals surface area contributed by atoms with Gasteiger partial charge in [0.15, 0.2) is 12.0 Å². The fraction of sp³-hybridized carbons (Fsp3) is 0.435. The van der Waals surface area contributed by atoms with E-state index in [4.69, 9.17) is 4.74 Å². The number of nitrogens with zero attached hydrogens (tertiary/aromatic N) is 2. The van der Waals surface area contributed by atoms with E-state index < -0.39 is 40.5 Å². The van der Waals surface area contributed by atoms with E-state index >= 15 is 0 Å². The molecule has 1 aliphatic heterocycles. The number of halogens is 2. The van der Waals surface area contributed by atoms with Crippen LogP contribution in [0.1, 0.15) is 46.2 Å². The SMILES string of the molecule is CC1CC2CC1OC(Cn1cc(C(=O)NCc3ccc(F)cc3F)c(=O)c(O)c1C=O)N2C. The fourth-order valence-electron chi connectivity index (χ4n) is 4.61. The van der Waals surface area contributed by atoms with E-state index in [1.165, 1.54) is 16.8 Å². The molecule has 2 aromatic rings. The number of carbonyl (C=O) groups excluding carboxylic acids is 2. The molecule has 2 bridgehead atoms. The number of nitrogens with one attached hydrogen (secondary N) is 1. The fourth-order valence-corrected chi connectivity index (χ4v) is 4.61. The number of aromatic hydroxyl groups is 1. The molecule has 33 heavy (non-hydrogen) atoms. The number of benzene rings is 1. The maximum Gasteiger partial charge on any atom is 0.257 e. The molecule has 8 nitrogen and oxygen atoms in total. The van der Waals surface area contributed by atoms with Gasteiger partial charge in [-0.3, -0.25) is 19.3 Å². The van der Waals surface area contributed by atoms with Crippen molar-refractivity contribution in [2.75, 3.05) is 7.05 Å². The molecule has 4 unspecified atom stereocenters. The first-order valence-corrected chi connectivity index (χ1v) is 10.7. The van der Waals surface area contributed by atoms with E-state index in [0.29, 0.717) is 24.3 Å². The second-order valence-corrected chi connectivity index (χ2v) is 8.69. The van der Waals surface area contributed by atoms with Gasteiger partial charge in [-0.05, 0) is 31.9 Å². The number of rotatable bonds is 6. The first-order valence-electron chi connectivity index (χ1n) is 10.7. The second-order valence-electron chi connectivity index (χ2n) is 8.69. The van der Waals surface area contributed by atoms with Crippen LogP contribution >= 0.6 is 0 Å². The van der Waals surface area contributed by atoms with Crippen molar-refractivity contribution in [1.82, 2.24) is 14.8 Å². The number of hydrogen-bond acceptors (Lipinski definition) is 6. The molecule has 0 spiro atoms. The highest BCUT2D eigenvalue weighted by atomic mass is 19.1. The van der Waals surface area contributed by atoms with Gasteiger partial charge in [0.05, 0.1) is 12.6 Å². The molecule has 2 aliphatic rings. The van der Waals surface area contributed by atoms with E-state index in [-0.39, 0.29) is 30.5 Å². The van der Waals surface area contributed by atoms with Crippen molar-refractivity contribution < 1.29 is 28.2 Å². The van der Waals surface area contributed by atoms with Crippen molar-refractivity contribution in [2.45, 2.75) is 51.2 Å². The zero-order valence-electron chi connectivity index (χ0n) is 18.3. The summed E-state index contributed by atoms with van der Waals surface area (Å²) in [7, 11) is 1.91. The number of ether oxygens (including phenoxy) is 1. The van der Waals surface area contributed by atoms with E-state index in [2.05, 4.69) is 17.1 Å². The number of pyridine rings is 1. The van der Waals surface area contributed by atoms with Crippen LogP contribution in [0.5, 0.6) is 5.75 Å². The summed E-state index contributed by atoms with van der Waals surface area (Å²) in [4.78, 5) is 38.9. The summed E-state index contributed by atoms with van der Waals surface area (Å²) in [6, 6.07) is 3.25. The van der Waals surface area contributed by atoms with Gasteiger partial charge >= 0.3 is 0 Å². The van der Waals surface area contributed by atoms with Crippen molar-refractivity contribution in [3.05, 3.63) is 63.1 Å². The quantitative estimate of drug-likeness (QED) is 0.639. The average molecular weight is 461 g/mol. The number of hydrogen-bond donors (Lipinski definition) is 2. The highest BCUT2D eigenvalue weighted by molar-refractivity contribution is 5.95. The monoisotopic (exact) mass is 461 g/mol. The van der Waals surface area contributed by atoms with Crippen LogP contribution in [0.15, 0.2) is 29.2 Å². The van der Waals surface area contributed by atoms with Crippen LogP contribution in [0.4, 0.5) is 8.78 Å². The van der Waals surface area contributed by atoms with E-state index in [9.17, 15) is 28.3 Å². The Labute approximate surface area is 188 Å². The summed E-state index contributed by atoms with van der Waals surface area (Å²) >= 11 is 0. The number of carbonyl (C=O) groups is 2. The third kappa shape index (κ3) is 4.40. The Morgan fingerprint density at radius 3 is 2.79 bits per heavy atom. The largest absolute Gasteiger partial charge is 0.503 e. The predicted octanol–water partition coefficient (Wildman–Crippen LogP) is 2.03. The Hall–Kier alpha value is -3.11. The summed E-state index contributed by atoms with van der Waals surface area (Å²) in [5.74, 6) is -2.91. The molecule has 4 rings (SSSR count). The van der Waals surface area contributed by atoms with Gasteiger partial charge in [0, 0.05) is 30.4 Å². The molecule has 1 aromatic heterocycles. The molecular formula is C23H25F2N3O5. The average Bonchev–Trinajstić information content (AvgIpc) is 3.09. The molecule has 2 heterocycles. The van der Waals surface area contributed by atoms with Crippen LogP contribution in [-0.4, -0.2) is 52.2 Å². The highest BCUT2D eigenvalue weighted by Crippen LogP contribution is 2.38. The van der Waals surface area contributed by atoms with Crippen molar-refractivity contribution in [2.24, 2.45) is 5.92 Å². The van der Waals surface area contributed by atoms with E-state index in [1.54, 1.807) is 0 Å². The minimum absolute atomic E-state index is 0.0284. The van der Waals surface area contributed by atoms with Crippen molar-refractivity contribution in [3.8, 4) is 5.75 Å². The summed E-state index contributed by atoms with van der Waals surface area (Å²) < 4.78 is 34.4. The van der Waals surface area contributed by atoms with Crippen molar-refractivity contribution in [1.29, 1.82) is 0 Å². The van der Waals surface area contributed by atoms with Crippen molar-refractivity contribution >= 4 is 12.2 Å². The van der Waals surface area contributed by atoms with Gasteiger partial charge in [-0.1, -0.05) is 13.0 Å². The first-order chi connectivity index (χ1) is 15.7. The normalized spacial score (nSPS) is 24.6. The third-order valence-corrected chi connectivity index (χ3v) is 6.61. The lowest BCUT2D eigenvalue weighted by Gasteiger charge is -2.38. The van der Waals surface area contributed by atoms with Crippen LogP contribution in [0.3, 0.4) is 0 Å². The van der Waals surface area contributed by atoms with Crippen LogP contribution < -0.4 is 10.7 Å². The maximum atomic E-state index is 13.8. The molecule has 1 saturated carbocycles. The standard InChI is InChI=1S/C23H25F2N3O5/c1-12-5-15-7-19(12)33-20(27(15)2)10-28-9-16(21(30)22(31)18(28)11-29)23(32)26-8-13-3-4-14(24)6-17(13)25/h3-4,6,9,11-12,15,19-20,31H,5,7-8,10H2,1-2H3,(H,26,32). The van der Waals surface area contributed by atoms with Crippen LogP contribution in [-0.2, 0) is 17.8 Å². The predicted molar refractivity (Wildman–Crippen MR) is 114 cm³/mol. The molecule has 176 valence electrons. The molecule has 1 amide bonds. The Morgan fingerprint density at radius 2 is 2.09 bits per heavy atom. The van der Waals surface area contributed by atoms with Gasteiger partial charge in [0.1, 0.15) is 29.1 Å². The van der Waals surface area contributed by atoms with Gasteiger partial charge in [-0.25, -0.2) is 8.78 Å². The number of aldehydes is 1. The van der Waals surface area contributed by atoms with Crippen LogP contribution in [0, 0.1) is 17.6 Å². The lowest BCUT2D eigenvalue weighted by molar-refractivity contribution is -0.141. The Balaban J connectivity index is 1.58. The zero-order valence-corrected chi connectivity index (χ0v) is 18.3. The number of aromatic nitrogens is 1. The number of amides is 1. The Morgan fingerprint density at radius 1 is 1.33 bits per heavy atom. The third-order valence-electron chi connectivity index (χ3n) is 6.61. The smallest absolute Gasteiger partial charge is 0.257 e. The Bertz CT molecular complexity index is 1150. The topological polar surface area (TPSA) is 101 Å². The molecule has 2 fully saturated rings. The molecule has 1 saturated heterocycles. The second kappa shape index (κ2) is 9.03. The highest BCUT2D eigenvalue weighted by Gasteiger charge is 2.43. The van der Waals surface area contributed by atoms with Gasteiger partial charge in [0.2, 0.25) is 5.43 Å². The summed E-state index contributed by atoms with van der Waals surface area (Å²) in [6.07, 6.45) is 3.12. The molecule has 2 N–H and O–H groups in total. The molecular weight excluding hydrogens is 436 g/mol. The molecule has 0 radical (unpaired) electrons. The van der Waals surface area contributed by atoms with Crippen LogP contribution in [0.25, 0.3) is 0 Å². The van der Waals surface area contributed by atoms with E-state index in [0.717, 1.165) is 18.9 Å². The maximum absolute atomic E-state index is 13.8. The summed E-state index contributed by atoms with van der Waals surface area (Å²) in [5, 5.41) is 12.7. The lowest BCUT2D eigenvalue weighted by atomic mass is 10.1. The number of fused-ring (bicyclic) bond motifs is 2. The lowest BCUT2D eigenvalue weighted by Crippen LogP contribution is -2.48. The summed E-state index contributed by atoms with van der Waals surface area (Å²) in [6.45, 7) is 1.94.